The van der Waals surface area contributed by atoms with E-state index < -0.39 is 11.4 Å². The van der Waals surface area contributed by atoms with Gasteiger partial charge in [-0.05, 0) is 26.0 Å². The Morgan fingerprint density at radius 1 is 1.47 bits per heavy atom. The number of aliphatic carboxylic acids is 1. The van der Waals surface area contributed by atoms with Crippen LogP contribution in [0, 0.1) is 5.41 Å². The molecule has 0 aromatic carbocycles. The molecule has 0 aliphatic heterocycles. The van der Waals surface area contributed by atoms with Crippen LogP contribution >= 0.6 is 0 Å². The molecule has 0 aliphatic carbocycles. The number of rotatable bonds is 4. The summed E-state index contributed by atoms with van der Waals surface area (Å²) >= 11 is 0. The lowest BCUT2D eigenvalue weighted by Gasteiger charge is -2.23. The molecular formula is C12H16N2O3. The molecule has 1 rings (SSSR count). The van der Waals surface area contributed by atoms with Gasteiger partial charge in [0.2, 0.25) is 5.91 Å². The Hall–Kier alpha value is -1.91. The number of carbonyl (C=O) groups excluding carboxylic acids is 1. The zero-order valence-corrected chi connectivity index (χ0v) is 10.2. The number of nitrogens with zero attached hydrogens (tertiary/aromatic N) is 2. The maximum atomic E-state index is 11.9. The van der Waals surface area contributed by atoms with Crippen LogP contribution in [-0.2, 0) is 9.59 Å². The third kappa shape index (κ3) is 3.27. The number of hydrogen-bond donors (Lipinski definition) is 1. The van der Waals surface area contributed by atoms with Crippen LogP contribution in [0.25, 0.3) is 0 Å². The Morgan fingerprint density at radius 3 is 2.59 bits per heavy atom. The number of carboxylic acids is 1. The number of anilines is 1. The molecule has 1 heterocycles. The van der Waals surface area contributed by atoms with E-state index >= 15 is 0 Å². The van der Waals surface area contributed by atoms with Crippen molar-refractivity contribution in [3.05, 3.63) is 24.5 Å². The van der Waals surface area contributed by atoms with Crippen molar-refractivity contribution in [1.29, 1.82) is 0 Å². The second-order valence-electron chi connectivity index (χ2n) is 4.53. The Labute approximate surface area is 100 Å². The Balaban J connectivity index is 2.75. The smallest absolute Gasteiger partial charge is 0.309 e. The van der Waals surface area contributed by atoms with Crippen molar-refractivity contribution in [3.63, 3.8) is 0 Å². The van der Waals surface area contributed by atoms with Gasteiger partial charge >= 0.3 is 5.97 Å². The third-order valence-corrected chi connectivity index (χ3v) is 2.58. The zero-order valence-electron chi connectivity index (χ0n) is 10.2. The van der Waals surface area contributed by atoms with Gasteiger partial charge in [0.1, 0.15) is 0 Å². The van der Waals surface area contributed by atoms with Crippen LogP contribution < -0.4 is 4.90 Å². The van der Waals surface area contributed by atoms with Gasteiger partial charge in [0.15, 0.2) is 0 Å². The number of hydrogen-bond acceptors (Lipinski definition) is 3. The molecule has 0 radical (unpaired) electrons. The monoisotopic (exact) mass is 236 g/mol. The number of pyridine rings is 1. The van der Waals surface area contributed by atoms with Gasteiger partial charge in [-0.25, -0.2) is 0 Å². The Bertz CT molecular complexity index is 415. The third-order valence-electron chi connectivity index (χ3n) is 2.58. The molecule has 92 valence electrons. The summed E-state index contributed by atoms with van der Waals surface area (Å²) in [6.07, 6.45) is 3.13. The molecule has 0 atom stereocenters. The second-order valence-corrected chi connectivity index (χ2v) is 4.53. The lowest BCUT2D eigenvalue weighted by molar-refractivity contribution is -0.149. The first-order valence-electron chi connectivity index (χ1n) is 5.24. The molecule has 1 amide bonds. The van der Waals surface area contributed by atoms with Crippen molar-refractivity contribution in [2.75, 3.05) is 11.9 Å². The molecule has 17 heavy (non-hydrogen) atoms. The van der Waals surface area contributed by atoms with Crippen LogP contribution in [0.1, 0.15) is 20.3 Å². The second kappa shape index (κ2) is 4.95. The zero-order chi connectivity index (χ0) is 13.1. The first-order chi connectivity index (χ1) is 7.84. The number of carbonyl (C=O) groups is 2. The summed E-state index contributed by atoms with van der Waals surface area (Å²) < 4.78 is 0. The SMILES string of the molecule is CN(C(=O)CC(C)(C)C(=O)O)c1cccnc1. The van der Waals surface area contributed by atoms with Crippen molar-refractivity contribution >= 4 is 17.6 Å². The van der Waals surface area contributed by atoms with E-state index in [0.717, 1.165) is 0 Å². The summed E-state index contributed by atoms with van der Waals surface area (Å²) in [5, 5.41) is 8.96. The minimum atomic E-state index is -1.06. The van der Waals surface area contributed by atoms with Crippen LogP contribution in [0.15, 0.2) is 24.5 Å². The van der Waals surface area contributed by atoms with Crippen molar-refractivity contribution in [2.45, 2.75) is 20.3 Å². The van der Waals surface area contributed by atoms with Gasteiger partial charge in [-0.3, -0.25) is 14.6 Å². The predicted molar refractivity (Wildman–Crippen MR) is 63.7 cm³/mol. The fraction of sp³-hybridized carbons (Fsp3) is 0.417. The fourth-order valence-corrected chi connectivity index (χ4v) is 1.27. The van der Waals surface area contributed by atoms with Gasteiger partial charge in [-0.1, -0.05) is 0 Å². The number of carboxylic acid groups (broad SMARTS) is 1. The van der Waals surface area contributed by atoms with Crippen molar-refractivity contribution in [1.82, 2.24) is 4.98 Å². The van der Waals surface area contributed by atoms with Crippen molar-refractivity contribution in [2.24, 2.45) is 5.41 Å². The molecular weight excluding hydrogens is 220 g/mol. The standard InChI is InChI=1S/C12H16N2O3/c1-12(2,11(16)17)7-10(15)14(3)9-5-4-6-13-8-9/h4-6,8H,7H2,1-3H3,(H,16,17). The minimum Gasteiger partial charge on any atom is -0.481 e. The fourth-order valence-electron chi connectivity index (χ4n) is 1.27. The van der Waals surface area contributed by atoms with Gasteiger partial charge in [-0.15, -0.1) is 0 Å². The molecule has 5 nitrogen and oxygen atoms in total. The van der Waals surface area contributed by atoms with Crippen LogP contribution in [-0.4, -0.2) is 29.0 Å². The summed E-state index contributed by atoms with van der Waals surface area (Å²) in [5.41, 5.74) is -0.410. The molecule has 0 unspecified atom stereocenters. The highest BCUT2D eigenvalue weighted by molar-refractivity contribution is 5.95. The summed E-state index contributed by atoms with van der Waals surface area (Å²) in [5.74, 6) is -1.23. The molecule has 1 N–H and O–H groups in total. The lowest BCUT2D eigenvalue weighted by Crippen LogP contribution is -2.34. The number of amides is 1. The molecule has 0 fully saturated rings. The highest BCUT2D eigenvalue weighted by atomic mass is 16.4. The first-order valence-corrected chi connectivity index (χ1v) is 5.24. The molecule has 1 aromatic heterocycles. The maximum Gasteiger partial charge on any atom is 0.309 e. The van der Waals surface area contributed by atoms with E-state index in [0.29, 0.717) is 5.69 Å². The van der Waals surface area contributed by atoms with Crippen LogP contribution in [0.5, 0.6) is 0 Å². The van der Waals surface area contributed by atoms with Crippen molar-refractivity contribution in [3.8, 4) is 0 Å². The van der Waals surface area contributed by atoms with Crippen molar-refractivity contribution < 1.29 is 14.7 Å². The topological polar surface area (TPSA) is 70.5 Å². The average Bonchev–Trinajstić information content (AvgIpc) is 2.28. The van der Waals surface area contributed by atoms with E-state index in [9.17, 15) is 9.59 Å². The molecule has 0 spiro atoms. The van der Waals surface area contributed by atoms with Gasteiger partial charge in [-0.2, -0.15) is 0 Å². The maximum absolute atomic E-state index is 11.9. The number of aromatic nitrogens is 1. The molecule has 5 heteroatoms. The Morgan fingerprint density at radius 2 is 2.12 bits per heavy atom. The van der Waals surface area contributed by atoms with Crippen LogP contribution in [0.2, 0.25) is 0 Å². The normalized spacial score (nSPS) is 11.0. The largest absolute Gasteiger partial charge is 0.481 e. The minimum absolute atomic E-state index is 0.0479. The Kier molecular flexibility index (Phi) is 3.83. The van der Waals surface area contributed by atoms with E-state index in [1.807, 2.05) is 0 Å². The molecule has 1 aromatic rings. The van der Waals surface area contributed by atoms with E-state index in [1.54, 1.807) is 31.6 Å². The lowest BCUT2D eigenvalue weighted by atomic mass is 9.89. The van der Waals surface area contributed by atoms with Gasteiger partial charge in [0.25, 0.3) is 0 Å². The van der Waals surface area contributed by atoms with Gasteiger partial charge in [0.05, 0.1) is 17.3 Å². The molecule has 0 saturated carbocycles. The van der Waals surface area contributed by atoms with Gasteiger partial charge in [0, 0.05) is 19.7 Å². The van der Waals surface area contributed by atoms with E-state index in [2.05, 4.69) is 4.98 Å². The average molecular weight is 236 g/mol. The van der Waals surface area contributed by atoms with Crippen LogP contribution in [0.3, 0.4) is 0 Å². The summed E-state index contributed by atoms with van der Waals surface area (Å²) in [6, 6.07) is 3.47. The summed E-state index contributed by atoms with van der Waals surface area (Å²) in [6.45, 7) is 3.06. The predicted octanol–water partition coefficient (Wildman–Crippen LogP) is 1.55. The quantitative estimate of drug-likeness (QED) is 0.860. The summed E-state index contributed by atoms with van der Waals surface area (Å²) in [4.78, 5) is 28.2. The van der Waals surface area contributed by atoms with Gasteiger partial charge < -0.3 is 10.0 Å². The highest BCUT2D eigenvalue weighted by Crippen LogP contribution is 2.23. The van der Waals surface area contributed by atoms with Crippen LogP contribution in [0.4, 0.5) is 5.69 Å². The molecule has 0 aliphatic rings. The van der Waals surface area contributed by atoms with E-state index in [4.69, 9.17) is 5.11 Å². The molecule has 0 saturated heterocycles. The highest BCUT2D eigenvalue weighted by Gasteiger charge is 2.31. The van der Waals surface area contributed by atoms with E-state index in [1.165, 1.54) is 18.7 Å². The van der Waals surface area contributed by atoms with E-state index in [-0.39, 0.29) is 12.3 Å². The molecule has 0 bridgehead atoms. The first kappa shape index (κ1) is 13.2. The summed E-state index contributed by atoms with van der Waals surface area (Å²) in [7, 11) is 1.61.